The van der Waals surface area contributed by atoms with Gasteiger partial charge in [-0.3, -0.25) is 4.79 Å². The molecule has 1 amide bonds. The second kappa shape index (κ2) is 7.64. The van der Waals surface area contributed by atoms with Crippen molar-refractivity contribution in [3.8, 4) is 0 Å². The van der Waals surface area contributed by atoms with E-state index in [4.69, 9.17) is 10.5 Å². The quantitative estimate of drug-likeness (QED) is 0.511. The molecule has 28 heavy (non-hydrogen) atoms. The molecular formula is C19H21N5O4. The van der Waals surface area contributed by atoms with Crippen LogP contribution in [0.2, 0.25) is 0 Å². The molecule has 0 aliphatic carbocycles. The molecule has 1 aliphatic heterocycles. The van der Waals surface area contributed by atoms with Crippen molar-refractivity contribution in [3.05, 3.63) is 54.0 Å². The first kappa shape index (κ1) is 18.5. The largest absolute Gasteiger partial charge is 0.394 e. The van der Waals surface area contributed by atoms with Crippen LogP contribution in [0.3, 0.4) is 0 Å². The fourth-order valence-electron chi connectivity index (χ4n) is 3.45. The number of hydrogen-bond acceptors (Lipinski definition) is 7. The monoisotopic (exact) mass is 383 g/mol. The van der Waals surface area contributed by atoms with E-state index in [1.807, 2.05) is 6.07 Å². The van der Waals surface area contributed by atoms with Gasteiger partial charge in [0.05, 0.1) is 18.1 Å². The smallest absolute Gasteiger partial charge is 0.256 e. The van der Waals surface area contributed by atoms with E-state index >= 15 is 0 Å². The third kappa shape index (κ3) is 3.25. The van der Waals surface area contributed by atoms with Gasteiger partial charge in [-0.05, 0) is 17.7 Å². The van der Waals surface area contributed by atoms with Crippen molar-refractivity contribution in [1.29, 1.82) is 0 Å². The third-order valence-corrected chi connectivity index (χ3v) is 4.87. The average molecular weight is 383 g/mol. The van der Waals surface area contributed by atoms with Gasteiger partial charge in [0.1, 0.15) is 30.1 Å². The van der Waals surface area contributed by atoms with E-state index in [2.05, 4.69) is 15.3 Å². The number of hydrogen-bond donors (Lipinski definition) is 4. The van der Waals surface area contributed by atoms with Crippen LogP contribution in [-0.2, 0) is 11.3 Å². The summed E-state index contributed by atoms with van der Waals surface area (Å²) in [6, 6.07) is 8.83. The van der Waals surface area contributed by atoms with Crippen LogP contribution in [0.1, 0.15) is 28.6 Å². The van der Waals surface area contributed by atoms with Gasteiger partial charge in [0, 0.05) is 24.7 Å². The summed E-state index contributed by atoms with van der Waals surface area (Å²) in [6.45, 7) is -0.0578. The van der Waals surface area contributed by atoms with Crippen LogP contribution in [-0.4, -0.2) is 49.5 Å². The number of nitrogens with two attached hydrogens (primary N) is 1. The zero-order valence-electron chi connectivity index (χ0n) is 15.0. The van der Waals surface area contributed by atoms with E-state index in [1.165, 1.54) is 6.33 Å². The number of carbonyl (C=O) groups is 1. The molecule has 0 saturated carbocycles. The average Bonchev–Trinajstić information content (AvgIpc) is 3.29. The highest BCUT2D eigenvalue weighted by molar-refractivity contribution is 6.08. The first-order valence-electron chi connectivity index (χ1n) is 8.97. The Bertz CT molecular complexity index is 991. The Labute approximate surface area is 160 Å². The fourth-order valence-corrected chi connectivity index (χ4v) is 3.45. The molecule has 9 heteroatoms. The Balaban J connectivity index is 1.72. The third-order valence-electron chi connectivity index (χ3n) is 4.87. The highest BCUT2D eigenvalue weighted by atomic mass is 16.5. The number of carbonyl (C=O) groups excluding carboxylic acids is 1. The Kier molecular flexibility index (Phi) is 5.05. The maximum absolute atomic E-state index is 12.6. The lowest BCUT2D eigenvalue weighted by Gasteiger charge is -2.14. The van der Waals surface area contributed by atoms with Crippen molar-refractivity contribution in [2.75, 3.05) is 11.9 Å². The van der Waals surface area contributed by atoms with E-state index in [0.717, 1.165) is 5.56 Å². The standard InChI is InChI=1S/C19H21N5O4/c20-7-12-8-24(15-6-13(26)14(9-25)28-15)18-16(12)17(21-10-22-18)23-19(27)11-4-2-1-3-5-11/h1-5,8,10,13-15,25-26H,6-7,9,20H2,(H,21,22,23,27)/t13-,14+,15+/m0/s1. The SMILES string of the molecule is NCc1cn([C@H]2C[C@H](O)[C@@H](CO)O2)c2ncnc(NC(=O)c3ccccc3)c12. The molecule has 0 bridgehead atoms. The van der Waals surface area contributed by atoms with Gasteiger partial charge in [0.25, 0.3) is 5.91 Å². The number of amides is 1. The Morgan fingerprint density at radius 2 is 2.11 bits per heavy atom. The minimum Gasteiger partial charge on any atom is -0.394 e. The second-order valence-electron chi connectivity index (χ2n) is 6.62. The van der Waals surface area contributed by atoms with Crippen molar-refractivity contribution in [2.24, 2.45) is 5.73 Å². The number of aromatic nitrogens is 3. The van der Waals surface area contributed by atoms with E-state index < -0.39 is 18.4 Å². The van der Waals surface area contributed by atoms with Crippen LogP contribution in [0.5, 0.6) is 0 Å². The molecule has 1 saturated heterocycles. The minimum atomic E-state index is -0.770. The van der Waals surface area contributed by atoms with Crippen LogP contribution in [0.4, 0.5) is 5.82 Å². The molecular weight excluding hydrogens is 362 g/mol. The molecule has 0 spiro atoms. The predicted octanol–water partition coefficient (Wildman–Crippen LogP) is 0.783. The van der Waals surface area contributed by atoms with Gasteiger partial charge < -0.3 is 30.6 Å². The van der Waals surface area contributed by atoms with Crippen molar-refractivity contribution < 1.29 is 19.7 Å². The van der Waals surface area contributed by atoms with E-state index in [9.17, 15) is 15.0 Å². The number of nitrogens with one attached hydrogen (secondary N) is 1. The Hall–Kier alpha value is -2.85. The van der Waals surface area contributed by atoms with Gasteiger partial charge in [0.15, 0.2) is 0 Å². The molecule has 4 rings (SSSR count). The zero-order valence-corrected chi connectivity index (χ0v) is 15.0. The van der Waals surface area contributed by atoms with Crippen LogP contribution >= 0.6 is 0 Å². The topological polar surface area (TPSA) is 136 Å². The lowest BCUT2D eigenvalue weighted by molar-refractivity contribution is -0.0430. The molecule has 3 atom stereocenters. The number of rotatable bonds is 5. The maximum Gasteiger partial charge on any atom is 0.256 e. The van der Waals surface area contributed by atoms with E-state index in [1.54, 1.807) is 35.0 Å². The molecule has 3 heterocycles. The van der Waals surface area contributed by atoms with Gasteiger partial charge in [0.2, 0.25) is 0 Å². The van der Waals surface area contributed by atoms with Gasteiger partial charge in [-0.2, -0.15) is 0 Å². The van der Waals surface area contributed by atoms with Crippen molar-refractivity contribution >= 4 is 22.8 Å². The van der Waals surface area contributed by atoms with Gasteiger partial charge in [-0.25, -0.2) is 9.97 Å². The Morgan fingerprint density at radius 1 is 1.32 bits per heavy atom. The Morgan fingerprint density at radius 3 is 2.79 bits per heavy atom. The summed E-state index contributed by atoms with van der Waals surface area (Å²) in [7, 11) is 0. The number of nitrogens with zero attached hydrogens (tertiary/aromatic N) is 3. The van der Waals surface area contributed by atoms with Gasteiger partial charge in [-0.1, -0.05) is 18.2 Å². The van der Waals surface area contributed by atoms with Crippen LogP contribution in [0.25, 0.3) is 11.0 Å². The molecule has 2 aromatic heterocycles. The molecule has 9 nitrogen and oxygen atoms in total. The fraction of sp³-hybridized carbons (Fsp3) is 0.316. The summed E-state index contributed by atoms with van der Waals surface area (Å²) in [4.78, 5) is 21.1. The second-order valence-corrected chi connectivity index (χ2v) is 6.62. The lowest BCUT2D eigenvalue weighted by atomic mass is 10.2. The van der Waals surface area contributed by atoms with E-state index in [0.29, 0.717) is 28.8 Å². The molecule has 146 valence electrons. The predicted molar refractivity (Wildman–Crippen MR) is 101 cm³/mol. The summed E-state index contributed by atoms with van der Waals surface area (Å²) < 4.78 is 7.50. The molecule has 1 aliphatic rings. The van der Waals surface area contributed by atoms with Crippen LogP contribution in [0, 0.1) is 0 Å². The minimum absolute atomic E-state index is 0.212. The zero-order chi connectivity index (χ0) is 19.7. The number of anilines is 1. The number of aliphatic hydroxyl groups is 2. The highest BCUT2D eigenvalue weighted by Gasteiger charge is 2.35. The molecule has 5 N–H and O–H groups in total. The molecule has 1 fully saturated rings. The van der Waals surface area contributed by atoms with E-state index in [-0.39, 0.29) is 19.1 Å². The molecule has 0 radical (unpaired) electrons. The van der Waals surface area contributed by atoms with Gasteiger partial charge in [-0.15, -0.1) is 0 Å². The van der Waals surface area contributed by atoms with Crippen molar-refractivity contribution in [1.82, 2.24) is 14.5 Å². The van der Waals surface area contributed by atoms with Crippen LogP contribution < -0.4 is 11.1 Å². The normalized spacial score (nSPS) is 21.9. The summed E-state index contributed by atoms with van der Waals surface area (Å²) in [6.07, 6.45) is 1.54. The summed E-state index contributed by atoms with van der Waals surface area (Å²) >= 11 is 0. The first-order valence-corrected chi connectivity index (χ1v) is 8.97. The van der Waals surface area contributed by atoms with Gasteiger partial charge >= 0.3 is 0 Å². The van der Waals surface area contributed by atoms with Crippen molar-refractivity contribution in [2.45, 2.75) is 31.4 Å². The first-order chi connectivity index (χ1) is 13.6. The summed E-state index contributed by atoms with van der Waals surface area (Å²) in [5, 5.41) is 22.8. The number of aliphatic hydroxyl groups excluding tert-OH is 2. The van der Waals surface area contributed by atoms with Crippen LogP contribution in [0.15, 0.2) is 42.9 Å². The summed E-state index contributed by atoms with van der Waals surface area (Å²) in [5.74, 6) is 0.0690. The lowest BCUT2D eigenvalue weighted by Crippen LogP contribution is -2.24. The number of ether oxygens (including phenoxy) is 1. The number of benzene rings is 1. The highest BCUT2D eigenvalue weighted by Crippen LogP contribution is 2.34. The molecule has 0 unspecified atom stereocenters. The van der Waals surface area contributed by atoms with Crippen molar-refractivity contribution in [3.63, 3.8) is 0 Å². The molecule has 1 aromatic carbocycles. The summed E-state index contributed by atoms with van der Waals surface area (Å²) in [5.41, 5.74) is 7.69. The number of fused-ring (bicyclic) bond motifs is 1. The molecule has 3 aromatic rings. The maximum atomic E-state index is 12.6.